The lowest BCUT2D eigenvalue weighted by molar-refractivity contribution is 0.855. The second-order valence-corrected chi connectivity index (χ2v) is 10.8. The number of benzene rings is 4. The predicted molar refractivity (Wildman–Crippen MR) is 176 cm³/mol. The van der Waals surface area contributed by atoms with Crippen LogP contribution in [-0.2, 0) is 6.54 Å². The molecule has 0 spiro atoms. The van der Waals surface area contributed by atoms with Crippen LogP contribution in [0.5, 0.6) is 0 Å². The summed E-state index contributed by atoms with van der Waals surface area (Å²) in [6.45, 7) is 0.833. The lowest BCUT2D eigenvalue weighted by Gasteiger charge is -2.14. The van der Waals surface area contributed by atoms with E-state index >= 15 is 0 Å². The molecule has 0 atom stereocenters. The van der Waals surface area contributed by atoms with E-state index in [4.69, 9.17) is 4.98 Å². The molecule has 0 saturated heterocycles. The molecule has 0 aliphatic carbocycles. The van der Waals surface area contributed by atoms with Gasteiger partial charge in [0.15, 0.2) is 0 Å². The maximum absolute atomic E-state index is 5.06. The maximum atomic E-state index is 5.06. The van der Waals surface area contributed by atoms with Crippen LogP contribution in [0.4, 0.5) is 0 Å². The van der Waals surface area contributed by atoms with Crippen molar-refractivity contribution in [3.05, 3.63) is 157 Å². The van der Waals surface area contributed by atoms with E-state index in [1.807, 2.05) is 36.7 Å². The number of hydrogen-bond acceptors (Lipinski definition) is 3. The van der Waals surface area contributed by atoms with Gasteiger partial charge in [0.1, 0.15) is 0 Å². The Morgan fingerprint density at radius 1 is 0.558 bits per heavy atom. The van der Waals surface area contributed by atoms with E-state index in [-0.39, 0.29) is 0 Å². The fraction of sp³-hybridized carbons (Fsp3) is 0.0256. The minimum Gasteiger partial charge on any atom is -0.387 e. The number of fused-ring (bicyclic) bond motifs is 3. The summed E-state index contributed by atoms with van der Waals surface area (Å²) in [6.07, 6.45) is 6.03. The van der Waals surface area contributed by atoms with Crippen molar-refractivity contribution < 1.29 is 0 Å². The number of rotatable bonds is 5. The Hall–Kier alpha value is -5.74. The van der Waals surface area contributed by atoms with Crippen molar-refractivity contribution in [3.63, 3.8) is 0 Å². The zero-order chi connectivity index (χ0) is 28.6. The number of hydrogen-bond donors (Lipinski definition) is 1. The van der Waals surface area contributed by atoms with Gasteiger partial charge >= 0.3 is 0 Å². The molecular weight excluding hydrogens is 524 g/mol. The largest absolute Gasteiger partial charge is 0.387 e. The Bertz CT molecular complexity index is 2090. The molecule has 4 nitrogen and oxygen atoms in total. The second-order valence-electron chi connectivity index (χ2n) is 10.8. The zero-order valence-electron chi connectivity index (χ0n) is 23.5. The third-order valence-corrected chi connectivity index (χ3v) is 8.16. The first kappa shape index (κ1) is 25.0. The minimum atomic E-state index is 0.833. The number of para-hydroxylation sites is 1. The Labute approximate surface area is 250 Å². The van der Waals surface area contributed by atoms with Crippen LogP contribution in [0.15, 0.2) is 146 Å². The Kier molecular flexibility index (Phi) is 6.16. The standard InChI is InChI=1S/C39H28N4/c1-2-8-27(9-3-1)28-13-15-30(16-14-28)36-24-31(25-37(42-36)35-11-6-7-22-41-35)29-17-19-32(20-18-29)43-38-12-5-4-10-33(38)34-26-40-23-21-39(34)43/h1-25,40H,26H2. The van der Waals surface area contributed by atoms with Gasteiger partial charge in [0, 0.05) is 34.9 Å². The summed E-state index contributed by atoms with van der Waals surface area (Å²) in [4.78, 5) is 9.67. The van der Waals surface area contributed by atoms with Crippen LogP contribution >= 0.6 is 0 Å². The fourth-order valence-corrected chi connectivity index (χ4v) is 6.02. The molecule has 1 N–H and O–H groups in total. The third-order valence-electron chi connectivity index (χ3n) is 8.16. The first-order valence-corrected chi connectivity index (χ1v) is 14.5. The Morgan fingerprint density at radius 2 is 1.23 bits per heavy atom. The normalized spacial score (nSPS) is 12.2. The first-order valence-electron chi connectivity index (χ1n) is 14.5. The monoisotopic (exact) mass is 552 g/mol. The molecule has 0 bridgehead atoms. The summed E-state index contributed by atoms with van der Waals surface area (Å²) < 4.78 is 2.36. The average Bonchev–Trinajstić information content (AvgIpc) is 3.43. The van der Waals surface area contributed by atoms with Gasteiger partial charge in [-0.2, -0.15) is 0 Å². The molecule has 0 fully saturated rings. The first-order chi connectivity index (χ1) is 21.3. The van der Waals surface area contributed by atoms with Crippen molar-refractivity contribution in [2.75, 3.05) is 0 Å². The summed E-state index contributed by atoms with van der Waals surface area (Å²) >= 11 is 0. The van der Waals surface area contributed by atoms with E-state index in [1.165, 1.54) is 33.3 Å². The van der Waals surface area contributed by atoms with Gasteiger partial charge in [0.05, 0.1) is 28.3 Å². The lowest BCUT2D eigenvalue weighted by Crippen LogP contribution is -2.10. The number of nitrogens with one attached hydrogen (secondary N) is 1. The number of pyridine rings is 2. The van der Waals surface area contributed by atoms with Crippen molar-refractivity contribution in [2.45, 2.75) is 6.54 Å². The van der Waals surface area contributed by atoms with Crippen molar-refractivity contribution in [1.29, 1.82) is 0 Å². The number of nitrogens with zero attached hydrogens (tertiary/aromatic N) is 3. The molecule has 1 aliphatic heterocycles. The van der Waals surface area contributed by atoms with Crippen LogP contribution in [0.1, 0.15) is 11.3 Å². The van der Waals surface area contributed by atoms with Crippen LogP contribution in [0, 0.1) is 0 Å². The van der Waals surface area contributed by atoms with E-state index < -0.39 is 0 Å². The molecule has 0 saturated carbocycles. The molecular formula is C39H28N4. The number of aromatic nitrogens is 3. The minimum absolute atomic E-state index is 0.833. The van der Waals surface area contributed by atoms with E-state index in [1.54, 1.807) is 0 Å². The van der Waals surface area contributed by atoms with Crippen LogP contribution in [0.2, 0.25) is 0 Å². The highest BCUT2D eigenvalue weighted by Crippen LogP contribution is 2.34. The van der Waals surface area contributed by atoms with Crippen LogP contribution in [-0.4, -0.2) is 14.5 Å². The topological polar surface area (TPSA) is 42.7 Å². The Morgan fingerprint density at radius 3 is 2.05 bits per heavy atom. The highest BCUT2D eigenvalue weighted by Gasteiger charge is 2.18. The molecule has 204 valence electrons. The van der Waals surface area contributed by atoms with Gasteiger partial charge in [-0.3, -0.25) is 4.98 Å². The molecule has 4 aromatic carbocycles. The lowest BCUT2D eigenvalue weighted by atomic mass is 9.99. The maximum Gasteiger partial charge on any atom is 0.0899 e. The summed E-state index contributed by atoms with van der Waals surface area (Å²) in [5.74, 6) is 0. The predicted octanol–water partition coefficient (Wildman–Crippen LogP) is 9.16. The summed E-state index contributed by atoms with van der Waals surface area (Å²) in [5, 5.41) is 4.66. The molecule has 3 aromatic heterocycles. The van der Waals surface area contributed by atoms with E-state index in [0.717, 1.165) is 46.0 Å². The van der Waals surface area contributed by atoms with Gasteiger partial charge in [-0.1, -0.05) is 91.0 Å². The fourth-order valence-electron chi connectivity index (χ4n) is 6.02. The van der Waals surface area contributed by atoms with Crippen molar-refractivity contribution in [2.24, 2.45) is 0 Å². The summed E-state index contributed by atoms with van der Waals surface area (Å²) in [6, 6.07) is 46.9. The van der Waals surface area contributed by atoms with Crippen LogP contribution in [0.3, 0.4) is 0 Å². The smallest absolute Gasteiger partial charge is 0.0899 e. The molecule has 43 heavy (non-hydrogen) atoms. The SMILES string of the molecule is C1=Cc2c(c3ccccc3n2-c2ccc(-c3cc(-c4ccc(-c5ccccc5)cc4)nc(-c4ccccn4)c3)cc2)CN1. The molecule has 4 heteroatoms. The molecule has 0 amide bonds. The third kappa shape index (κ3) is 4.59. The molecule has 0 unspecified atom stereocenters. The molecule has 1 aliphatic rings. The molecule has 4 heterocycles. The second kappa shape index (κ2) is 10.6. The zero-order valence-corrected chi connectivity index (χ0v) is 23.5. The van der Waals surface area contributed by atoms with E-state index in [0.29, 0.717) is 0 Å². The highest BCUT2D eigenvalue weighted by atomic mass is 15.0. The van der Waals surface area contributed by atoms with Gasteiger partial charge in [0.25, 0.3) is 0 Å². The van der Waals surface area contributed by atoms with E-state index in [2.05, 4.69) is 130 Å². The van der Waals surface area contributed by atoms with Crippen LogP contribution in [0.25, 0.3) is 67.6 Å². The van der Waals surface area contributed by atoms with Gasteiger partial charge in [-0.05, 0) is 77.0 Å². The van der Waals surface area contributed by atoms with Crippen molar-refractivity contribution >= 4 is 17.0 Å². The van der Waals surface area contributed by atoms with Gasteiger partial charge < -0.3 is 9.88 Å². The van der Waals surface area contributed by atoms with Gasteiger partial charge in [-0.15, -0.1) is 0 Å². The van der Waals surface area contributed by atoms with Gasteiger partial charge in [-0.25, -0.2) is 4.98 Å². The summed E-state index contributed by atoms with van der Waals surface area (Å²) in [7, 11) is 0. The van der Waals surface area contributed by atoms with Crippen molar-refractivity contribution in [1.82, 2.24) is 19.9 Å². The van der Waals surface area contributed by atoms with Crippen molar-refractivity contribution in [3.8, 4) is 50.6 Å². The van der Waals surface area contributed by atoms with Crippen LogP contribution < -0.4 is 5.32 Å². The molecule has 7 aromatic rings. The summed E-state index contributed by atoms with van der Waals surface area (Å²) in [5.41, 5.74) is 13.3. The Balaban J connectivity index is 1.21. The van der Waals surface area contributed by atoms with E-state index in [9.17, 15) is 0 Å². The average molecular weight is 553 g/mol. The highest BCUT2D eigenvalue weighted by molar-refractivity contribution is 5.90. The molecule has 8 rings (SSSR count). The quantitative estimate of drug-likeness (QED) is 0.232. The van der Waals surface area contributed by atoms with Gasteiger partial charge in [0.2, 0.25) is 0 Å². The molecule has 0 radical (unpaired) electrons.